The SMILES string of the molecule is C=C(C)COCCNC(C)c1ccsc1. The lowest BCUT2D eigenvalue weighted by molar-refractivity contribution is 0.156. The molecule has 0 spiro atoms. The van der Waals surface area contributed by atoms with Gasteiger partial charge in [-0.15, -0.1) is 0 Å². The van der Waals surface area contributed by atoms with E-state index in [1.165, 1.54) is 5.56 Å². The van der Waals surface area contributed by atoms with Crippen LogP contribution in [-0.2, 0) is 4.74 Å². The number of thiophene rings is 1. The normalized spacial score (nSPS) is 12.7. The van der Waals surface area contributed by atoms with Crippen molar-refractivity contribution in [1.29, 1.82) is 0 Å². The molecular weight excluding hydrogens is 206 g/mol. The number of ether oxygens (including phenoxy) is 1. The van der Waals surface area contributed by atoms with Crippen LogP contribution in [0, 0.1) is 0 Å². The summed E-state index contributed by atoms with van der Waals surface area (Å²) >= 11 is 1.73. The summed E-state index contributed by atoms with van der Waals surface area (Å²) < 4.78 is 5.40. The highest BCUT2D eigenvalue weighted by atomic mass is 32.1. The van der Waals surface area contributed by atoms with Gasteiger partial charge in [-0.1, -0.05) is 12.2 Å². The van der Waals surface area contributed by atoms with Crippen LogP contribution < -0.4 is 5.32 Å². The minimum absolute atomic E-state index is 0.407. The van der Waals surface area contributed by atoms with Crippen LogP contribution in [0.25, 0.3) is 0 Å². The molecule has 0 aromatic carbocycles. The van der Waals surface area contributed by atoms with E-state index < -0.39 is 0 Å². The van der Waals surface area contributed by atoms with Crippen LogP contribution in [0.2, 0.25) is 0 Å². The lowest BCUT2D eigenvalue weighted by atomic mass is 10.2. The molecule has 0 aliphatic rings. The molecule has 0 aliphatic carbocycles. The van der Waals surface area contributed by atoms with Gasteiger partial charge in [0.2, 0.25) is 0 Å². The van der Waals surface area contributed by atoms with E-state index in [-0.39, 0.29) is 0 Å². The molecule has 0 saturated heterocycles. The van der Waals surface area contributed by atoms with Gasteiger partial charge in [-0.2, -0.15) is 11.3 Å². The Labute approximate surface area is 96.0 Å². The predicted octanol–water partition coefficient (Wildman–Crippen LogP) is 2.99. The molecule has 1 rings (SSSR count). The lowest BCUT2D eigenvalue weighted by Gasteiger charge is -2.12. The van der Waals surface area contributed by atoms with Crippen molar-refractivity contribution in [1.82, 2.24) is 5.32 Å². The van der Waals surface area contributed by atoms with E-state index in [1.807, 2.05) is 6.92 Å². The average molecular weight is 225 g/mol. The maximum atomic E-state index is 5.40. The molecule has 1 heterocycles. The van der Waals surface area contributed by atoms with Crippen LogP contribution in [0.5, 0.6) is 0 Å². The zero-order chi connectivity index (χ0) is 11.1. The Bertz CT molecular complexity index is 282. The molecule has 0 amide bonds. The van der Waals surface area contributed by atoms with Gasteiger partial charge in [0.05, 0.1) is 13.2 Å². The molecule has 0 bridgehead atoms. The van der Waals surface area contributed by atoms with Crippen molar-refractivity contribution in [3.63, 3.8) is 0 Å². The first-order valence-corrected chi connectivity index (χ1v) is 6.12. The highest BCUT2D eigenvalue weighted by Gasteiger charge is 2.03. The summed E-state index contributed by atoms with van der Waals surface area (Å²) in [6.07, 6.45) is 0. The van der Waals surface area contributed by atoms with Crippen molar-refractivity contribution in [2.24, 2.45) is 0 Å². The zero-order valence-electron chi connectivity index (χ0n) is 9.45. The third-order valence-corrected chi connectivity index (χ3v) is 2.79. The Hall–Kier alpha value is -0.640. The van der Waals surface area contributed by atoms with Crippen molar-refractivity contribution in [3.8, 4) is 0 Å². The summed E-state index contributed by atoms with van der Waals surface area (Å²) in [5.74, 6) is 0. The smallest absolute Gasteiger partial charge is 0.0672 e. The van der Waals surface area contributed by atoms with Gasteiger partial charge >= 0.3 is 0 Å². The zero-order valence-corrected chi connectivity index (χ0v) is 10.3. The second-order valence-electron chi connectivity index (χ2n) is 3.74. The number of hydrogen-bond acceptors (Lipinski definition) is 3. The summed E-state index contributed by atoms with van der Waals surface area (Å²) in [6, 6.07) is 2.56. The monoisotopic (exact) mass is 225 g/mol. The molecule has 0 radical (unpaired) electrons. The minimum atomic E-state index is 0.407. The maximum absolute atomic E-state index is 5.40. The quantitative estimate of drug-likeness (QED) is 0.569. The first-order valence-electron chi connectivity index (χ1n) is 5.17. The summed E-state index contributed by atoms with van der Waals surface area (Å²) in [6.45, 7) is 10.2. The van der Waals surface area contributed by atoms with Gasteiger partial charge in [-0.3, -0.25) is 0 Å². The van der Waals surface area contributed by atoms with Crippen LogP contribution in [-0.4, -0.2) is 19.8 Å². The van der Waals surface area contributed by atoms with Crippen molar-refractivity contribution in [2.75, 3.05) is 19.8 Å². The minimum Gasteiger partial charge on any atom is -0.376 e. The van der Waals surface area contributed by atoms with E-state index >= 15 is 0 Å². The van der Waals surface area contributed by atoms with E-state index in [9.17, 15) is 0 Å². The van der Waals surface area contributed by atoms with E-state index in [0.717, 1.165) is 18.7 Å². The van der Waals surface area contributed by atoms with E-state index in [1.54, 1.807) is 11.3 Å². The van der Waals surface area contributed by atoms with Crippen LogP contribution >= 0.6 is 11.3 Å². The van der Waals surface area contributed by atoms with Gasteiger partial charge < -0.3 is 10.1 Å². The Kier molecular flexibility index (Phi) is 5.61. The largest absolute Gasteiger partial charge is 0.376 e. The molecule has 15 heavy (non-hydrogen) atoms. The Morgan fingerprint density at radius 2 is 2.47 bits per heavy atom. The third-order valence-electron chi connectivity index (χ3n) is 2.09. The average Bonchev–Trinajstić information content (AvgIpc) is 2.69. The van der Waals surface area contributed by atoms with Crippen molar-refractivity contribution in [3.05, 3.63) is 34.5 Å². The second kappa shape index (κ2) is 6.77. The van der Waals surface area contributed by atoms with Crippen LogP contribution in [0.1, 0.15) is 25.5 Å². The topological polar surface area (TPSA) is 21.3 Å². The number of hydrogen-bond donors (Lipinski definition) is 1. The van der Waals surface area contributed by atoms with E-state index in [4.69, 9.17) is 4.74 Å². The molecule has 1 aromatic rings. The van der Waals surface area contributed by atoms with Crippen LogP contribution in [0.3, 0.4) is 0 Å². The highest BCUT2D eigenvalue weighted by molar-refractivity contribution is 7.07. The van der Waals surface area contributed by atoms with Gasteiger partial charge in [0.1, 0.15) is 0 Å². The Morgan fingerprint density at radius 1 is 1.67 bits per heavy atom. The Balaban J connectivity index is 2.08. The van der Waals surface area contributed by atoms with Crippen LogP contribution in [0.15, 0.2) is 29.0 Å². The van der Waals surface area contributed by atoms with Gasteiger partial charge in [0.15, 0.2) is 0 Å². The molecule has 1 N–H and O–H groups in total. The van der Waals surface area contributed by atoms with E-state index in [0.29, 0.717) is 12.6 Å². The maximum Gasteiger partial charge on any atom is 0.0672 e. The van der Waals surface area contributed by atoms with Gasteiger partial charge in [-0.25, -0.2) is 0 Å². The fourth-order valence-electron chi connectivity index (χ4n) is 1.23. The van der Waals surface area contributed by atoms with Gasteiger partial charge in [0.25, 0.3) is 0 Å². The molecule has 1 atom stereocenters. The standard InChI is InChI=1S/C12H19NOS/c1-10(2)8-14-6-5-13-11(3)12-4-7-15-9-12/h4,7,9,11,13H,1,5-6,8H2,2-3H3. The molecule has 1 unspecified atom stereocenters. The molecule has 84 valence electrons. The van der Waals surface area contributed by atoms with Gasteiger partial charge in [0, 0.05) is 12.6 Å². The first kappa shape index (κ1) is 12.4. The summed E-state index contributed by atoms with van der Waals surface area (Å²) in [7, 11) is 0. The first-order chi connectivity index (χ1) is 7.20. The molecular formula is C12H19NOS. The molecule has 2 nitrogen and oxygen atoms in total. The van der Waals surface area contributed by atoms with Crippen molar-refractivity contribution < 1.29 is 4.74 Å². The molecule has 0 aliphatic heterocycles. The van der Waals surface area contributed by atoms with E-state index in [2.05, 4.69) is 35.6 Å². The lowest BCUT2D eigenvalue weighted by Crippen LogP contribution is -2.23. The third kappa shape index (κ3) is 5.11. The van der Waals surface area contributed by atoms with Gasteiger partial charge in [-0.05, 0) is 36.2 Å². The summed E-state index contributed by atoms with van der Waals surface area (Å²) in [5, 5.41) is 7.69. The molecule has 3 heteroatoms. The van der Waals surface area contributed by atoms with Crippen molar-refractivity contribution >= 4 is 11.3 Å². The van der Waals surface area contributed by atoms with Crippen molar-refractivity contribution in [2.45, 2.75) is 19.9 Å². The molecule has 0 fully saturated rings. The second-order valence-corrected chi connectivity index (χ2v) is 4.52. The van der Waals surface area contributed by atoms with Crippen LogP contribution in [0.4, 0.5) is 0 Å². The number of nitrogens with one attached hydrogen (secondary N) is 1. The summed E-state index contributed by atoms with van der Waals surface area (Å²) in [5.41, 5.74) is 2.42. The predicted molar refractivity (Wildman–Crippen MR) is 66.4 cm³/mol. The Morgan fingerprint density at radius 3 is 3.07 bits per heavy atom. The number of rotatable bonds is 7. The summed E-state index contributed by atoms with van der Waals surface area (Å²) in [4.78, 5) is 0. The fourth-order valence-corrected chi connectivity index (χ4v) is 1.99. The molecule has 0 saturated carbocycles. The highest BCUT2D eigenvalue weighted by Crippen LogP contribution is 2.14. The molecule has 1 aromatic heterocycles. The fraction of sp³-hybridized carbons (Fsp3) is 0.500.